The maximum Gasteiger partial charge on any atom is 0.277 e. The van der Waals surface area contributed by atoms with Gasteiger partial charge < -0.3 is 18.9 Å². The molecule has 0 saturated heterocycles. The highest BCUT2D eigenvalue weighted by Gasteiger charge is 2.05. The molecule has 144 valence electrons. The molecular formula is C20H24N2O5. The molecule has 0 heterocycles. The molecule has 0 fully saturated rings. The van der Waals surface area contributed by atoms with E-state index in [0.29, 0.717) is 30.5 Å². The highest BCUT2D eigenvalue weighted by Crippen LogP contribution is 2.27. The Hall–Kier alpha value is -3.22. The van der Waals surface area contributed by atoms with Crippen LogP contribution in [0.15, 0.2) is 47.6 Å². The number of amides is 1. The Morgan fingerprint density at radius 2 is 1.63 bits per heavy atom. The van der Waals surface area contributed by atoms with Crippen molar-refractivity contribution in [2.45, 2.75) is 13.8 Å². The zero-order chi connectivity index (χ0) is 19.5. The van der Waals surface area contributed by atoms with Gasteiger partial charge >= 0.3 is 0 Å². The van der Waals surface area contributed by atoms with E-state index in [4.69, 9.17) is 18.9 Å². The van der Waals surface area contributed by atoms with Crippen molar-refractivity contribution in [2.75, 3.05) is 26.9 Å². The summed E-state index contributed by atoms with van der Waals surface area (Å²) in [4.78, 5) is 11.8. The van der Waals surface area contributed by atoms with Gasteiger partial charge in [-0.3, -0.25) is 4.79 Å². The highest BCUT2D eigenvalue weighted by atomic mass is 16.5. The van der Waals surface area contributed by atoms with Crippen molar-refractivity contribution in [2.24, 2.45) is 5.10 Å². The van der Waals surface area contributed by atoms with Crippen LogP contribution in [0.3, 0.4) is 0 Å². The summed E-state index contributed by atoms with van der Waals surface area (Å²) >= 11 is 0. The van der Waals surface area contributed by atoms with Gasteiger partial charge in [-0.15, -0.1) is 0 Å². The van der Waals surface area contributed by atoms with Gasteiger partial charge in [-0.05, 0) is 61.9 Å². The second kappa shape index (κ2) is 10.7. The molecule has 7 heteroatoms. The first kappa shape index (κ1) is 20.1. The first-order chi connectivity index (χ1) is 13.2. The van der Waals surface area contributed by atoms with Crippen molar-refractivity contribution in [3.05, 3.63) is 48.0 Å². The Morgan fingerprint density at radius 1 is 0.963 bits per heavy atom. The third-order valence-electron chi connectivity index (χ3n) is 3.40. The van der Waals surface area contributed by atoms with Crippen molar-refractivity contribution < 1.29 is 23.7 Å². The highest BCUT2D eigenvalue weighted by molar-refractivity contribution is 5.83. The molecule has 0 aromatic heterocycles. The van der Waals surface area contributed by atoms with E-state index in [0.717, 1.165) is 11.3 Å². The van der Waals surface area contributed by atoms with Crippen molar-refractivity contribution in [1.82, 2.24) is 5.43 Å². The Kier molecular flexibility index (Phi) is 7.96. The number of nitrogens with one attached hydrogen (secondary N) is 1. The Labute approximate surface area is 158 Å². The largest absolute Gasteiger partial charge is 0.497 e. The minimum atomic E-state index is -0.363. The van der Waals surface area contributed by atoms with Crippen molar-refractivity contribution in [1.29, 1.82) is 0 Å². The maximum absolute atomic E-state index is 11.8. The van der Waals surface area contributed by atoms with Crippen LogP contribution < -0.4 is 24.4 Å². The number of hydrogen-bond donors (Lipinski definition) is 1. The van der Waals surface area contributed by atoms with Crippen LogP contribution in [0, 0.1) is 0 Å². The minimum Gasteiger partial charge on any atom is -0.497 e. The SMILES string of the molecule is CCOc1ccc(/C=N/NC(=O)COc2ccc(OC)cc2)cc1OCC. The van der Waals surface area contributed by atoms with Crippen LogP contribution in [0.5, 0.6) is 23.0 Å². The predicted octanol–water partition coefficient (Wildman–Crippen LogP) is 3.02. The van der Waals surface area contributed by atoms with Crippen molar-refractivity contribution >= 4 is 12.1 Å². The van der Waals surface area contributed by atoms with E-state index in [1.807, 2.05) is 26.0 Å². The lowest BCUT2D eigenvalue weighted by Crippen LogP contribution is -2.24. The molecule has 0 aliphatic rings. The average Bonchev–Trinajstić information content (AvgIpc) is 2.69. The van der Waals surface area contributed by atoms with E-state index in [1.165, 1.54) is 6.21 Å². The van der Waals surface area contributed by atoms with Crippen molar-refractivity contribution in [3.8, 4) is 23.0 Å². The van der Waals surface area contributed by atoms with Gasteiger partial charge in [0.25, 0.3) is 5.91 Å². The Balaban J connectivity index is 1.86. The fourth-order valence-corrected chi connectivity index (χ4v) is 2.18. The number of nitrogens with zero attached hydrogens (tertiary/aromatic N) is 1. The summed E-state index contributed by atoms with van der Waals surface area (Å²) in [6, 6.07) is 12.4. The molecule has 0 radical (unpaired) electrons. The summed E-state index contributed by atoms with van der Waals surface area (Å²) in [6.07, 6.45) is 1.53. The number of carbonyl (C=O) groups is 1. The maximum atomic E-state index is 11.8. The number of methoxy groups -OCH3 is 1. The van der Waals surface area contributed by atoms with Gasteiger partial charge in [0.05, 0.1) is 26.5 Å². The lowest BCUT2D eigenvalue weighted by molar-refractivity contribution is -0.123. The number of rotatable bonds is 10. The molecule has 0 atom stereocenters. The van der Waals surface area contributed by atoms with Crippen LogP contribution in [0.25, 0.3) is 0 Å². The molecule has 27 heavy (non-hydrogen) atoms. The third kappa shape index (κ3) is 6.54. The lowest BCUT2D eigenvalue weighted by atomic mass is 10.2. The van der Waals surface area contributed by atoms with Gasteiger partial charge in [-0.1, -0.05) is 0 Å². The molecule has 0 aliphatic heterocycles. The molecule has 1 N–H and O–H groups in total. The summed E-state index contributed by atoms with van der Waals surface area (Å²) in [7, 11) is 1.59. The minimum absolute atomic E-state index is 0.142. The predicted molar refractivity (Wildman–Crippen MR) is 103 cm³/mol. The first-order valence-corrected chi connectivity index (χ1v) is 8.64. The van der Waals surface area contributed by atoms with Crippen LogP contribution >= 0.6 is 0 Å². The Morgan fingerprint density at radius 3 is 2.30 bits per heavy atom. The standard InChI is InChI=1S/C20H24N2O5/c1-4-25-18-11-6-15(12-19(18)26-5-2)13-21-22-20(23)14-27-17-9-7-16(24-3)8-10-17/h6-13H,4-5,14H2,1-3H3,(H,22,23)/b21-13+. The monoisotopic (exact) mass is 372 g/mol. The van der Waals surface area contributed by atoms with Crippen LogP contribution in [-0.4, -0.2) is 39.1 Å². The zero-order valence-electron chi connectivity index (χ0n) is 15.7. The van der Waals surface area contributed by atoms with E-state index in [9.17, 15) is 4.79 Å². The third-order valence-corrected chi connectivity index (χ3v) is 3.40. The molecule has 0 aliphatic carbocycles. The quantitative estimate of drug-likeness (QED) is 0.512. The second-order valence-corrected chi connectivity index (χ2v) is 5.33. The molecule has 2 aromatic rings. The number of hydrazone groups is 1. The van der Waals surface area contributed by atoms with E-state index in [2.05, 4.69) is 10.5 Å². The van der Waals surface area contributed by atoms with Crippen molar-refractivity contribution in [3.63, 3.8) is 0 Å². The van der Waals surface area contributed by atoms with E-state index < -0.39 is 0 Å². The number of benzene rings is 2. The molecule has 2 aromatic carbocycles. The van der Waals surface area contributed by atoms with Gasteiger partial charge in [0.15, 0.2) is 18.1 Å². The normalized spacial score (nSPS) is 10.5. The summed E-state index contributed by atoms with van der Waals surface area (Å²) in [6.45, 7) is 4.75. The van der Waals surface area contributed by atoms with Crippen LogP contribution in [0.1, 0.15) is 19.4 Å². The smallest absolute Gasteiger partial charge is 0.277 e. The van der Waals surface area contributed by atoms with Gasteiger partial charge in [0.1, 0.15) is 11.5 Å². The molecule has 1 amide bonds. The zero-order valence-corrected chi connectivity index (χ0v) is 15.7. The molecule has 7 nitrogen and oxygen atoms in total. The average molecular weight is 372 g/mol. The van der Waals surface area contributed by atoms with Gasteiger partial charge in [-0.25, -0.2) is 5.43 Å². The topological polar surface area (TPSA) is 78.4 Å². The number of ether oxygens (including phenoxy) is 4. The summed E-state index contributed by atoms with van der Waals surface area (Å²) < 4.78 is 21.5. The number of hydrogen-bond acceptors (Lipinski definition) is 6. The molecule has 0 unspecified atom stereocenters. The van der Waals surface area contributed by atoms with Gasteiger partial charge in [0, 0.05) is 0 Å². The summed E-state index contributed by atoms with van der Waals surface area (Å²) in [5.41, 5.74) is 3.20. The molecule has 0 bridgehead atoms. The van der Waals surface area contributed by atoms with E-state index in [1.54, 1.807) is 37.4 Å². The van der Waals surface area contributed by atoms with Gasteiger partial charge in [0.2, 0.25) is 0 Å². The van der Waals surface area contributed by atoms with Crippen LogP contribution in [0.2, 0.25) is 0 Å². The fraction of sp³-hybridized carbons (Fsp3) is 0.300. The molecule has 0 spiro atoms. The molecule has 0 saturated carbocycles. The molecule has 2 rings (SSSR count). The van der Waals surface area contributed by atoms with Crippen LogP contribution in [0.4, 0.5) is 0 Å². The van der Waals surface area contributed by atoms with Crippen LogP contribution in [-0.2, 0) is 4.79 Å². The first-order valence-electron chi connectivity index (χ1n) is 8.64. The van der Waals surface area contributed by atoms with E-state index in [-0.39, 0.29) is 12.5 Å². The fourth-order valence-electron chi connectivity index (χ4n) is 2.18. The lowest BCUT2D eigenvalue weighted by Gasteiger charge is -2.11. The van der Waals surface area contributed by atoms with Gasteiger partial charge in [-0.2, -0.15) is 5.10 Å². The summed E-state index contributed by atoms with van der Waals surface area (Å²) in [5.74, 6) is 2.24. The summed E-state index contributed by atoms with van der Waals surface area (Å²) in [5, 5.41) is 3.94. The Bertz CT molecular complexity index is 759. The van der Waals surface area contributed by atoms with E-state index >= 15 is 0 Å². The second-order valence-electron chi connectivity index (χ2n) is 5.33. The number of carbonyl (C=O) groups excluding carboxylic acids is 1. The molecular weight excluding hydrogens is 348 g/mol.